The number of aromatic nitrogens is 1. The van der Waals surface area contributed by atoms with Gasteiger partial charge in [-0.15, -0.1) is 0 Å². The lowest BCUT2D eigenvalue weighted by molar-refractivity contribution is 0.0625. The second-order valence-electron chi connectivity index (χ2n) is 3.88. The van der Waals surface area contributed by atoms with Gasteiger partial charge >= 0.3 is 0 Å². The lowest BCUT2D eigenvalue weighted by atomic mass is 10.1. The first-order valence-corrected chi connectivity index (χ1v) is 6.18. The van der Waals surface area contributed by atoms with Crippen LogP contribution in [0, 0.1) is 0 Å². The van der Waals surface area contributed by atoms with E-state index in [0.29, 0.717) is 6.61 Å². The lowest BCUT2D eigenvalue weighted by Crippen LogP contribution is -2.06. The van der Waals surface area contributed by atoms with Gasteiger partial charge in [0.1, 0.15) is 0 Å². The maximum Gasteiger partial charge on any atom is 0.0998 e. The molecule has 0 fully saturated rings. The van der Waals surface area contributed by atoms with E-state index >= 15 is 0 Å². The quantitative estimate of drug-likeness (QED) is 0.629. The summed E-state index contributed by atoms with van der Waals surface area (Å²) in [4.78, 5) is 4.36. The zero-order valence-electron chi connectivity index (χ0n) is 10.5. The van der Waals surface area contributed by atoms with Crippen LogP contribution < -0.4 is 0 Å². The number of ether oxygens (including phenoxy) is 1. The van der Waals surface area contributed by atoms with Crippen molar-refractivity contribution in [2.45, 2.75) is 32.3 Å². The van der Waals surface area contributed by atoms with Gasteiger partial charge in [0, 0.05) is 6.20 Å². The van der Waals surface area contributed by atoms with Crippen LogP contribution in [0.2, 0.25) is 0 Å². The Bertz CT molecular complexity index is 332. The molecule has 1 rings (SSSR count). The topological polar surface area (TPSA) is 22.1 Å². The van der Waals surface area contributed by atoms with Crippen molar-refractivity contribution >= 4 is 0 Å². The van der Waals surface area contributed by atoms with Gasteiger partial charge in [0.05, 0.1) is 18.4 Å². The van der Waals surface area contributed by atoms with Crippen LogP contribution in [-0.2, 0) is 4.74 Å². The molecule has 1 aromatic rings. The van der Waals surface area contributed by atoms with E-state index in [0.717, 1.165) is 18.5 Å². The smallest absolute Gasteiger partial charge is 0.0998 e. The maximum absolute atomic E-state index is 5.84. The third-order valence-electron chi connectivity index (χ3n) is 2.50. The van der Waals surface area contributed by atoms with Crippen LogP contribution in [0.5, 0.6) is 0 Å². The average molecular weight is 231 g/mol. The molecule has 0 aliphatic rings. The maximum atomic E-state index is 5.84. The first kappa shape index (κ1) is 13.7. The first-order chi connectivity index (χ1) is 8.38. The monoisotopic (exact) mass is 231 g/mol. The number of hydrogen-bond acceptors (Lipinski definition) is 2. The highest BCUT2D eigenvalue weighted by molar-refractivity contribution is 5.07. The van der Waals surface area contributed by atoms with Crippen molar-refractivity contribution in [3.05, 3.63) is 54.9 Å². The Hall–Kier alpha value is -1.41. The number of allylic oxidation sites excluding steroid dienone is 2. The molecule has 2 heteroatoms. The summed E-state index contributed by atoms with van der Waals surface area (Å²) in [5, 5.41) is 0. The van der Waals surface area contributed by atoms with E-state index in [1.165, 1.54) is 6.42 Å². The van der Waals surface area contributed by atoms with Crippen LogP contribution in [0.15, 0.2) is 49.2 Å². The molecule has 0 saturated carbocycles. The summed E-state index contributed by atoms with van der Waals surface area (Å²) in [7, 11) is 0. The van der Waals surface area contributed by atoms with Crippen LogP contribution in [0.25, 0.3) is 0 Å². The zero-order valence-corrected chi connectivity index (χ0v) is 10.5. The van der Waals surface area contributed by atoms with Crippen molar-refractivity contribution in [2.75, 3.05) is 6.61 Å². The van der Waals surface area contributed by atoms with E-state index in [4.69, 9.17) is 4.74 Å². The Morgan fingerprint density at radius 1 is 1.47 bits per heavy atom. The minimum Gasteiger partial charge on any atom is -0.368 e. The molecule has 92 valence electrons. The molecule has 0 aliphatic carbocycles. The molecule has 2 nitrogen and oxygen atoms in total. The molecule has 0 radical (unpaired) electrons. The lowest BCUT2D eigenvalue weighted by Gasteiger charge is -2.16. The number of unbranched alkanes of at least 4 members (excludes halogenated alkanes) is 1. The van der Waals surface area contributed by atoms with Gasteiger partial charge in [-0.05, 0) is 18.6 Å². The van der Waals surface area contributed by atoms with Gasteiger partial charge < -0.3 is 4.74 Å². The fourth-order valence-corrected chi connectivity index (χ4v) is 1.60. The Kier molecular flexibility index (Phi) is 6.99. The first-order valence-electron chi connectivity index (χ1n) is 6.18. The van der Waals surface area contributed by atoms with Crippen molar-refractivity contribution in [2.24, 2.45) is 0 Å². The van der Waals surface area contributed by atoms with Gasteiger partial charge in [-0.3, -0.25) is 4.98 Å². The van der Waals surface area contributed by atoms with Crippen LogP contribution in [-0.4, -0.2) is 11.6 Å². The molecule has 0 N–H and O–H groups in total. The Balaban J connectivity index is 2.54. The van der Waals surface area contributed by atoms with E-state index in [-0.39, 0.29) is 6.10 Å². The summed E-state index contributed by atoms with van der Waals surface area (Å²) >= 11 is 0. The fourth-order valence-electron chi connectivity index (χ4n) is 1.60. The minimum absolute atomic E-state index is 0.102. The van der Waals surface area contributed by atoms with Crippen LogP contribution >= 0.6 is 0 Å². The third kappa shape index (κ3) is 5.45. The molecule has 1 heterocycles. The van der Waals surface area contributed by atoms with Crippen molar-refractivity contribution in [3.8, 4) is 0 Å². The highest BCUT2D eigenvalue weighted by atomic mass is 16.5. The summed E-state index contributed by atoms with van der Waals surface area (Å²) in [6, 6.07) is 5.96. The van der Waals surface area contributed by atoms with Gasteiger partial charge in [0.15, 0.2) is 0 Å². The second kappa shape index (κ2) is 8.71. The molecule has 0 spiro atoms. The third-order valence-corrected chi connectivity index (χ3v) is 2.50. The van der Waals surface area contributed by atoms with E-state index in [1.807, 2.05) is 36.5 Å². The van der Waals surface area contributed by atoms with Gasteiger partial charge in [-0.25, -0.2) is 0 Å². The Morgan fingerprint density at radius 3 is 3.00 bits per heavy atom. The standard InChI is InChI=1S/C15H21NO/c1-3-5-9-13-17-15(11-6-4-2)14-10-7-8-12-16-14/h3,5,7-10,12,15H,1,4,6,11,13H2,2H3. The van der Waals surface area contributed by atoms with E-state index in [9.17, 15) is 0 Å². The van der Waals surface area contributed by atoms with Crippen LogP contribution in [0.1, 0.15) is 38.0 Å². The number of pyridine rings is 1. The molecular weight excluding hydrogens is 210 g/mol. The Morgan fingerprint density at radius 2 is 2.35 bits per heavy atom. The molecule has 0 saturated heterocycles. The van der Waals surface area contributed by atoms with E-state index in [2.05, 4.69) is 18.5 Å². The molecule has 0 amide bonds. The van der Waals surface area contributed by atoms with Crippen molar-refractivity contribution in [1.29, 1.82) is 0 Å². The molecule has 1 atom stereocenters. The summed E-state index contributed by atoms with van der Waals surface area (Å²) < 4.78 is 5.84. The average Bonchev–Trinajstić information content (AvgIpc) is 2.39. The summed E-state index contributed by atoms with van der Waals surface area (Å²) in [6.07, 6.45) is 10.9. The minimum atomic E-state index is 0.102. The van der Waals surface area contributed by atoms with Crippen molar-refractivity contribution in [3.63, 3.8) is 0 Å². The van der Waals surface area contributed by atoms with Crippen molar-refractivity contribution in [1.82, 2.24) is 4.98 Å². The second-order valence-corrected chi connectivity index (χ2v) is 3.88. The summed E-state index contributed by atoms with van der Waals surface area (Å²) in [5.74, 6) is 0. The number of hydrogen-bond donors (Lipinski definition) is 0. The summed E-state index contributed by atoms with van der Waals surface area (Å²) in [6.45, 7) is 6.43. The SMILES string of the molecule is C=CC=CCOC(CCCC)c1ccccn1. The fraction of sp³-hybridized carbons (Fsp3) is 0.400. The molecule has 0 aliphatic heterocycles. The summed E-state index contributed by atoms with van der Waals surface area (Å²) in [5.41, 5.74) is 1.02. The Labute approximate surface area is 104 Å². The molecule has 1 aromatic heterocycles. The van der Waals surface area contributed by atoms with Crippen LogP contribution in [0.3, 0.4) is 0 Å². The normalized spacial score (nSPS) is 12.8. The van der Waals surface area contributed by atoms with Gasteiger partial charge in [-0.1, -0.05) is 50.6 Å². The van der Waals surface area contributed by atoms with Crippen molar-refractivity contribution < 1.29 is 4.74 Å². The van der Waals surface area contributed by atoms with E-state index < -0.39 is 0 Å². The molecule has 1 unspecified atom stereocenters. The zero-order chi connectivity index (χ0) is 12.3. The predicted molar refractivity (Wildman–Crippen MR) is 71.8 cm³/mol. The van der Waals surface area contributed by atoms with Gasteiger partial charge in [0.25, 0.3) is 0 Å². The highest BCUT2D eigenvalue weighted by Crippen LogP contribution is 2.21. The predicted octanol–water partition coefficient (Wildman–Crippen LogP) is 4.07. The van der Waals surface area contributed by atoms with Gasteiger partial charge in [0.2, 0.25) is 0 Å². The van der Waals surface area contributed by atoms with Gasteiger partial charge in [-0.2, -0.15) is 0 Å². The molecule has 0 aromatic carbocycles. The molecular formula is C15H21NO. The number of rotatable bonds is 8. The number of nitrogens with zero attached hydrogens (tertiary/aromatic N) is 1. The van der Waals surface area contributed by atoms with Crippen LogP contribution in [0.4, 0.5) is 0 Å². The highest BCUT2D eigenvalue weighted by Gasteiger charge is 2.11. The molecule has 0 bridgehead atoms. The largest absolute Gasteiger partial charge is 0.368 e. The van der Waals surface area contributed by atoms with E-state index in [1.54, 1.807) is 6.08 Å². The molecule has 17 heavy (non-hydrogen) atoms.